The van der Waals surface area contributed by atoms with E-state index in [1.54, 1.807) is 23.5 Å². The summed E-state index contributed by atoms with van der Waals surface area (Å²) in [5.41, 5.74) is 0.678. The van der Waals surface area contributed by atoms with E-state index in [0.29, 0.717) is 18.0 Å². The molecule has 0 saturated carbocycles. The lowest BCUT2D eigenvalue weighted by molar-refractivity contribution is -0.121. The minimum Gasteiger partial charge on any atom is -0.356 e. The highest BCUT2D eigenvalue weighted by molar-refractivity contribution is 7.09. The number of rotatable bonds is 8. The highest BCUT2D eigenvalue weighted by atomic mass is 32.1. The zero-order valence-electron chi connectivity index (χ0n) is 15.0. The van der Waals surface area contributed by atoms with E-state index >= 15 is 0 Å². The number of likely N-dealkylation sites (tertiary alicyclic amines) is 1. The minimum absolute atomic E-state index is 0.0235. The van der Waals surface area contributed by atoms with Crippen LogP contribution in [0, 0.1) is 5.92 Å². The molecule has 3 rings (SSSR count). The average molecular weight is 371 g/mol. The van der Waals surface area contributed by atoms with Gasteiger partial charge in [-0.2, -0.15) is 0 Å². The van der Waals surface area contributed by atoms with Crippen molar-refractivity contribution in [3.8, 4) is 0 Å². The van der Waals surface area contributed by atoms with Gasteiger partial charge < -0.3 is 5.32 Å². The topological polar surface area (TPSA) is 49.4 Å². The van der Waals surface area contributed by atoms with Gasteiger partial charge in [0.15, 0.2) is 5.78 Å². The van der Waals surface area contributed by atoms with E-state index in [2.05, 4.69) is 27.7 Å². The standard InChI is InChI=1S/C21H26N2O2S/c24-20(18-7-2-1-3-8-18)10-11-21(25)22-14-17-6-4-12-23(15-17)16-19-9-5-13-26-19/h1-3,5,7-9,13,17H,4,6,10-12,14-16H2,(H,22,25)/t17-/m0/s1. The molecule has 1 fully saturated rings. The number of carbonyl (C=O) groups is 2. The van der Waals surface area contributed by atoms with E-state index in [4.69, 9.17) is 0 Å². The third-order valence-electron chi connectivity index (χ3n) is 4.83. The third-order valence-corrected chi connectivity index (χ3v) is 5.69. The lowest BCUT2D eigenvalue weighted by atomic mass is 9.98. The van der Waals surface area contributed by atoms with Gasteiger partial charge in [0.2, 0.25) is 5.91 Å². The number of amides is 1. The van der Waals surface area contributed by atoms with Crippen molar-refractivity contribution in [2.75, 3.05) is 19.6 Å². The van der Waals surface area contributed by atoms with Crippen LogP contribution in [-0.2, 0) is 11.3 Å². The number of benzene rings is 1. The fraction of sp³-hybridized carbons (Fsp3) is 0.429. The molecule has 1 N–H and O–H groups in total. The van der Waals surface area contributed by atoms with Crippen molar-refractivity contribution >= 4 is 23.0 Å². The molecule has 0 radical (unpaired) electrons. The molecule has 1 aliphatic heterocycles. The Labute approximate surface area is 159 Å². The van der Waals surface area contributed by atoms with Gasteiger partial charge in [0.1, 0.15) is 0 Å². The van der Waals surface area contributed by atoms with Gasteiger partial charge in [0.25, 0.3) is 0 Å². The molecule has 1 aliphatic rings. The second-order valence-corrected chi connectivity index (χ2v) is 7.95. The van der Waals surface area contributed by atoms with E-state index in [1.807, 2.05) is 18.2 Å². The molecule has 0 spiro atoms. The normalized spacial score (nSPS) is 17.8. The molecule has 1 saturated heterocycles. The highest BCUT2D eigenvalue weighted by Gasteiger charge is 2.20. The van der Waals surface area contributed by atoms with Crippen LogP contribution >= 0.6 is 11.3 Å². The summed E-state index contributed by atoms with van der Waals surface area (Å²) in [5.74, 6) is 0.502. The van der Waals surface area contributed by atoms with Crippen molar-refractivity contribution in [2.45, 2.75) is 32.2 Å². The van der Waals surface area contributed by atoms with Gasteiger partial charge in [0.05, 0.1) is 0 Å². The van der Waals surface area contributed by atoms with Gasteiger partial charge in [-0.1, -0.05) is 36.4 Å². The molecule has 1 atom stereocenters. The van der Waals surface area contributed by atoms with Gasteiger partial charge in [-0.25, -0.2) is 0 Å². The third kappa shape index (κ3) is 5.78. The summed E-state index contributed by atoms with van der Waals surface area (Å²) >= 11 is 1.80. The monoisotopic (exact) mass is 370 g/mol. The van der Waals surface area contributed by atoms with Gasteiger partial charge in [-0.15, -0.1) is 11.3 Å². The molecule has 0 unspecified atom stereocenters. The van der Waals surface area contributed by atoms with Crippen LogP contribution in [0.25, 0.3) is 0 Å². The summed E-state index contributed by atoms with van der Waals surface area (Å²) in [5, 5.41) is 5.14. The van der Waals surface area contributed by atoms with Crippen molar-refractivity contribution in [3.05, 3.63) is 58.3 Å². The molecular weight excluding hydrogens is 344 g/mol. The van der Waals surface area contributed by atoms with Crippen LogP contribution in [0.3, 0.4) is 0 Å². The number of hydrogen-bond acceptors (Lipinski definition) is 4. The Morgan fingerprint density at radius 3 is 2.73 bits per heavy atom. The molecule has 0 aliphatic carbocycles. The predicted octanol–water partition coefficient (Wildman–Crippen LogP) is 3.74. The Balaban J connectivity index is 1.36. The van der Waals surface area contributed by atoms with Crippen molar-refractivity contribution < 1.29 is 9.59 Å². The number of piperidine rings is 1. The molecule has 0 bridgehead atoms. The summed E-state index contributed by atoms with van der Waals surface area (Å²) in [4.78, 5) is 28.0. The largest absolute Gasteiger partial charge is 0.356 e. The van der Waals surface area contributed by atoms with Gasteiger partial charge >= 0.3 is 0 Å². The molecule has 1 amide bonds. The average Bonchev–Trinajstić information content (AvgIpc) is 3.18. The molecule has 2 aromatic rings. The summed E-state index contributed by atoms with van der Waals surface area (Å²) in [6.07, 6.45) is 2.87. The minimum atomic E-state index is -0.0235. The predicted molar refractivity (Wildman–Crippen MR) is 105 cm³/mol. The Hall–Kier alpha value is -1.98. The zero-order chi connectivity index (χ0) is 18.2. The number of carbonyl (C=O) groups excluding carboxylic acids is 2. The number of nitrogens with one attached hydrogen (secondary N) is 1. The Morgan fingerprint density at radius 1 is 1.12 bits per heavy atom. The molecule has 138 valence electrons. The van der Waals surface area contributed by atoms with Crippen LogP contribution in [0.1, 0.15) is 40.9 Å². The Kier molecular flexibility index (Phi) is 6.97. The lowest BCUT2D eigenvalue weighted by Gasteiger charge is -2.32. The number of nitrogens with zero attached hydrogens (tertiary/aromatic N) is 1. The first-order chi connectivity index (χ1) is 12.7. The van der Waals surface area contributed by atoms with Crippen molar-refractivity contribution in [2.24, 2.45) is 5.92 Å². The summed E-state index contributed by atoms with van der Waals surface area (Å²) in [6.45, 7) is 3.88. The number of thiophene rings is 1. The molecule has 26 heavy (non-hydrogen) atoms. The second kappa shape index (κ2) is 9.64. The van der Waals surface area contributed by atoms with Crippen LogP contribution in [0.4, 0.5) is 0 Å². The summed E-state index contributed by atoms with van der Waals surface area (Å²) < 4.78 is 0. The van der Waals surface area contributed by atoms with Crippen LogP contribution < -0.4 is 5.32 Å². The molecule has 4 nitrogen and oxygen atoms in total. The van der Waals surface area contributed by atoms with Gasteiger partial charge in [-0.05, 0) is 36.8 Å². The van der Waals surface area contributed by atoms with Crippen molar-refractivity contribution in [1.29, 1.82) is 0 Å². The maximum absolute atomic E-state index is 12.1. The van der Waals surface area contributed by atoms with Crippen LogP contribution in [0.5, 0.6) is 0 Å². The number of hydrogen-bond donors (Lipinski definition) is 1. The van der Waals surface area contributed by atoms with Crippen molar-refractivity contribution in [1.82, 2.24) is 10.2 Å². The van der Waals surface area contributed by atoms with Crippen molar-refractivity contribution in [3.63, 3.8) is 0 Å². The van der Waals surface area contributed by atoms with Crippen LogP contribution in [-0.4, -0.2) is 36.2 Å². The van der Waals surface area contributed by atoms with Gasteiger partial charge in [0, 0.05) is 42.9 Å². The maximum atomic E-state index is 12.1. The molecule has 1 aromatic carbocycles. The summed E-state index contributed by atoms with van der Waals surface area (Å²) in [6, 6.07) is 13.4. The molecule has 2 heterocycles. The zero-order valence-corrected chi connectivity index (χ0v) is 15.8. The summed E-state index contributed by atoms with van der Waals surface area (Å²) in [7, 11) is 0. The SMILES string of the molecule is O=C(CCC(=O)c1ccccc1)NC[C@@H]1CCCN(Cc2cccs2)C1. The smallest absolute Gasteiger partial charge is 0.220 e. The van der Waals surface area contributed by atoms with E-state index in [0.717, 1.165) is 26.1 Å². The molecular formula is C21H26N2O2S. The first kappa shape index (κ1) is 18.8. The lowest BCUT2D eigenvalue weighted by Crippen LogP contribution is -2.40. The number of Topliss-reactive ketones (excluding diaryl/α,β-unsaturated/α-hetero) is 1. The van der Waals surface area contributed by atoms with E-state index < -0.39 is 0 Å². The van der Waals surface area contributed by atoms with Crippen LogP contribution in [0.15, 0.2) is 47.8 Å². The molecule has 5 heteroatoms. The maximum Gasteiger partial charge on any atom is 0.220 e. The Morgan fingerprint density at radius 2 is 1.96 bits per heavy atom. The first-order valence-corrected chi connectivity index (χ1v) is 10.2. The van der Waals surface area contributed by atoms with Gasteiger partial charge in [-0.3, -0.25) is 14.5 Å². The quantitative estimate of drug-likeness (QED) is 0.720. The second-order valence-electron chi connectivity index (χ2n) is 6.92. The van der Waals surface area contributed by atoms with E-state index in [1.165, 1.54) is 11.3 Å². The van der Waals surface area contributed by atoms with E-state index in [-0.39, 0.29) is 24.5 Å². The van der Waals surface area contributed by atoms with E-state index in [9.17, 15) is 9.59 Å². The molecule has 1 aromatic heterocycles. The highest BCUT2D eigenvalue weighted by Crippen LogP contribution is 2.20. The Bertz CT molecular complexity index is 700. The fourth-order valence-electron chi connectivity index (χ4n) is 3.43. The number of ketones is 1. The fourth-order valence-corrected chi connectivity index (χ4v) is 4.17. The first-order valence-electron chi connectivity index (χ1n) is 9.30. The van der Waals surface area contributed by atoms with Crippen LogP contribution in [0.2, 0.25) is 0 Å².